The van der Waals surface area contributed by atoms with Gasteiger partial charge in [0.1, 0.15) is 5.69 Å². The van der Waals surface area contributed by atoms with Crippen molar-refractivity contribution in [3.8, 4) is 0 Å². The van der Waals surface area contributed by atoms with Crippen LogP contribution in [0.15, 0.2) is 6.20 Å². The van der Waals surface area contributed by atoms with Crippen molar-refractivity contribution in [1.82, 2.24) is 15.1 Å². The number of amides is 1. The quantitative estimate of drug-likeness (QED) is 0.629. The number of primary amides is 1. The van der Waals surface area contributed by atoms with Gasteiger partial charge in [-0.1, -0.05) is 0 Å². The molecule has 0 unspecified atom stereocenters. The topological polar surface area (TPSA) is 85.0 Å². The molecule has 1 aromatic heterocycles. The fraction of sp³-hybridized carbons (Fsp3) is 0.375. The molecular weight excluding hydrogens is 214 g/mol. The van der Waals surface area contributed by atoms with Crippen molar-refractivity contribution in [1.29, 1.82) is 0 Å². The van der Waals surface area contributed by atoms with Crippen LogP contribution >= 0.6 is 12.2 Å². The summed E-state index contributed by atoms with van der Waals surface area (Å²) in [6.07, 6.45) is 1.52. The van der Waals surface area contributed by atoms with E-state index in [9.17, 15) is 4.79 Å². The minimum atomic E-state index is -0.532. The molecule has 0 spiro atoms. The zero-order valence-corrected chi connectivity index (χ0v) is 9.39. The summed E-state index contributed by atoms with van der Waals surface area (Å²) in [5, 5.41) is 9.99. The average molecular weight is 227 g/mol. The van der Waals surface area contributed by atoms with Crippen molar-refractivity contribution in [2.75, 3.05) is 12.4 Å². The van der Waals surface area contributed by atoms with Gasteiger partial charge in [-0.15, -0.1) is 0 Å². The monoisotopic (exact) mass is 227 g/mol. The van der Waals surface area contributed by atoms with E-state index >= 15 is 0 Å². The number of hydrogen-bond acceptors (Lipinski definition) is 3. The SMILES string of the molecule is CCn1ncc(NC(=S)NC)c1C(N)=O. The maximum Gasteiger partial charge on any atom is 0.269 e. The third kappa shape index (κ3) is 2.44. The van der Waals surface area contributed by atoms with Crippen molar-refractivity contribution in [2.45, 2.75) is 13.5 Å². The van der Waals surface area contributed by atoms with Gasteiger partial charge >= 0.3 is 0 Å². The molecule has 0 aliphatic carbocycles. The Labute approximate surface area is 92.8 Å². The second kappa shape index (κ2) is 4.74. The Morgan fingerprint density at radius 2 is 2.40 bits per heavy atom. The van der Waals surface area contributed by atoms with Crippen molar-refractivity contribution < 1.29 is 4.79 Å². The van der Waals surface area contributed by atoms with Crippen molar-refractivity contribution in [3.63, 3.8) is 0 Å². The third-order valence-corrected chi connectivity index (χ3v) is 2.15. The zero-order valence-electron chi connectivity index (χ0n) is 8.57. The lowest BCUT2D eigenvalue weighted by molar-refractivity contribution is 0.0991. The molecule has 0 saturated carbocycles. The average Bonchev–Trinajstić information content (AvgIpc) is 2.60. The summed E-state index contributed by atoms with van der Waals surface area (Å²) in [6, 6.07) is 0. The predicted octanol–water partition coefficient (Wildman–Crippen LogP) is -0.0819. The number of nitrogens with two attached hydrogens (primary N) is 1. The van der Waals surface area contributed by atoms with E-state index in [0.717, 1.165) is 0 Å². The van der Waals surface area contributed by atoms with Crippen LogP contribution in [0.1, 0.15) is 17.4 Å². The lowest BCUT2D eigenvalue weighted by Gasteiger charge is -2.07. The molecule has 1 aromatic rings. The molecule has 15 heavy (non-hydrogen) atoms. The predicted molar refractivity (Wildman–Crippen MR) is 61.7 cm³/mol. The van der Waals surface area contributed by atoms with Gasteiger partial charge in [0.2, 0.25) is 0 Å². The molecule has 0 fully saturated rings. The summed E-state index contributed by atoms with van der Waals surface area (Å²) in [5.74, 6) is -0.532. The molecule has 1 heterocycles. The fourth-order valence-electron chi connectivity index (χ4n) is 1.16. The number of carbonyl (C=O) groups is 1. The van der Waals surface area contributed by atoms with Crippen LogP contribution in [0.4, 0.5) is 5.69 Å². The Morgan fingerprint density at radius 3 is 2.87 bits per heavy atom. The van der Waals surface area contributed by atoms with Gasteiger partial charge in [-0.05, 0) is 19.1 Å². The molecule has 0 aliphatic rings. The second-order valence-corrected chi connectivity index (χ2v) is 3.20. The first-order valence-electron chi connectivity index (χ1n) is 4.44. The van der Waals surface area contributed by atoms with Crippen molar-refractivity contribution in [2.24, 2.45) is 5.73 Å². The van der Waals surface area contributed by atoms with Crippen LogP contribution in [0.2, 0.25) is 0 Å². The standard InChI is InChI=1S/C8H13N5OS/c1-3-13-6(7(9)14)5(4-11-13)12-8(15)10-2/h4H,3H2,1-2H3,(H2,9,14)(H2,10,12,15). The normalized spacial score (nSPS) is 9.73. The molecule has 6 nitrogen and oxygen atoms in total. The molecule has 4 N–H and O–H groups in total. The fourth-order valence-corrected chi connectivity index (χ4v) is 1.27. The highest BCUT2D eigenvalue weighted by Crippen LogP contribution is 2.13. The van der Waals surface area contributed by atoms with Crippen LogP contribution in [0, 0.1) is 0 Å². The summed E-state index contributed by atoms with van der Waals surface area (Å²) < 4.78 is 1.52. The zero-order chi connectivity index (χ0) is 11.4. The molecule has 0 atom stereocenters. The number of rotatable bonds is 3. The molecule has 82 valence electrons. The van der Waals surface area contributed by atoms with Gasteiger partial charge in [0.15, 0.2) is 5.11 Å². The summed E-state index contributed by atoms with van der Waals surface area (Å²) in [7, 11) is 1.68. The first kappa shape index (κ1) is 11.4. The number of nitrogens with one attached hydrogen (secondary N) is 2. The Hall–Kier alpha value is -1.63. The van der Waals surface area contributed by atoms with Gasteiger partial charge in [0.05, 0.1) is 11.9 Å². The maximum atomic E-state index is 11.2. The number of anilines is 1. The Kier molecular flexibility index (Phi) is 3.62. The molecule has 1 rings (SSSR count). The van der Waals surface area contributed by atoms with Crippen LogP contribution in [0.5, 0.6) is 0 Å². The van der Waals surface area contributed by atoms with E-state index in [1.807, 2.05) is 6.92 Å². The van der Waals surface area contributed by atoms with E-state index in [0.29, 0.717) is 23.0 Å². The molecule has 0 radical (unpaired) electrons. The number of aromatic nitrogens is 2. The largest absolute Gasteiger partial charge is 0.366 e. The molecule has 0 bridgehead atoms. The first-order chi connectivity index (χ1) is 7.10. The summed E-state index contributed by atoms with van der Waals surface area (Å²) in [6.45, 7) is 2.45. The van der Waals surface area contributed by atoms with E-state index in [1.54, 1.807) is 7.05 Å². The Morgan fingerprint density at radius 1 is 1.73 bits per heavy atom. The van der Waals surface area contributed by atoms with Gasteiger partial charge in [-0.2, -0.15) is 5.10 Å². The number of nitrogens with zero attached hydrogens (tertiary/aromatic N) is 2. The van der Waals surface area contributed by atoms with Gasteiger partial charge in [0, 0.05) is 13.6 Å². The van der Waals surface area contributed by atoms with Crippen molar-refractivity contribution in [3.05, 3.63) is 11.9 Å². The van der Waals surface area contributed by atoms with Gasteiger partial charge in [-0.3, -0.25) is 9.48 Å². The van der Waals surface area contributed by atoms with E-state index in [2.05, 4.69) is 15.7 Å². The number of aryl methyl sites for hydroxylation is 1. The number of carbonyl (C=O) groups excluding carboxylic acids is 1. The molecule has 0 aliphatic heterocycles. The number of hydrogen-bond donors (Lipinski definition) is 3. The van der Waals surface area contributed by atoms with E-state index in [4.69, 9.17) is 18.0 Å². The Balaban J connectivity index is 3.02. The van der Waals surface area contributed by atoms with Crippen LogP contribution in [0.3, 0.4) is 0 Å². The molecule has 0 saturated heterocycles. The highest BCUT2D eigenvalue weighted by molar-refractivity contribution is 7.80. The molecule has 1 amide bonds. The van der Waals surface area contributed by atoms with Gasteiger partial charge < -0.3 is 16.4 Å². The lowest BCUT2D eigenvalue weighted by Crippen LogP contribution is -2.26. The summed E-state index contributed by atoms with van der Waals surface area (Å²) in [4.78, 5) is 11.2. The Bertz CT molecular complexity index is 386. The highest BCUT2D eigenvalue weighted by atomic mass is 32.1. The molecular formula is C8H13N5OS. The second-order valence-electron chi connectivity index (χ2n) is 2.79. The first-order valence-corrected chi connectivity index (χ1v) is 4.85. The van der Waals surface area contributed by atoms with Crippen LogP contribution in [-0.2, 0) is 6.54 Å². The van der Waals surface area contributed by atoms with Crippen LogP contribution < -0.4 is 16.4 Å². The number of thiocarbonyl (C=S) groups is 1. The van der Waals surface area contributed by atoms with E-state index < -0.39 is 5.91 Å². The van der Waals surface area contributed by atoms with Gasteiger partial charge in [-0.25, -0.2) is 0 Å². The minimum Gasteiger partial charge on any atom is -0.366 e. The van der Waals surface area contributed by atoms with Crippen LogP contribution in [-0.4, -0.2) is 27.8 Å². The lowest BCUT2D eigenvalue weighted by atomic mass is 10.3. The minimum absolute atomic E-state index is 0.329. The molecule has 0 aromatic carbocycles. The maximum absolute atomic E-state index is 11.2. The van der Waals surface area contributed by atoms with Crippen LogP contribution in [0.25, 0.3) is 0 Å². The van der Waals surface area contributed by atoms with Crippen molar-refractivity contribution >= 4 is 28.9 Å². The smallest absolute Gasteiger partial charge is 0.269 e. The highest BCUT2D eigenvalue weighted by Gasteiger charge is 2.15. The summed E-state index contributed by atoms with van der Waals surface area (Å²) in [5.41, 5.74) is 6.10. The third-order valence-electron chi connectivity index (χ3n) is 1.85. The molecule has 7 heteroatoms. The van der Waals surface area contributed by atoms with E-state index in [-0.39, 0.29) is 0 Å². The van der Waals surface area contributed by atoms with Gasteiger partial charge in [0.25, 0.3) is 5.91 Å². The van der Waals surface area contributed by atoms with E-state index in [1.165, 1.54) is 10.9 Å². The summed E-state index contributed by atoms with van der Waals surface area (Å²) >= 11 is 4.92.